The molecule has 0 saturated heterocycles. The van der Waals surface area contributed by atoms with E-state index in [9.17, 15) is 14.4 Å². The molecule has 6 heteroatoms. The summed E-state index contributed by atoms with van der Waals surface area (Å²) >= 11 is 0. The van der Waals surface area contributed by atoms with E-state index in [4.69, 9.17) is 14.2 Å². The van der Waals surface area contributed by atoms with E-state index in [1.54, 1.807) is 0 Å². The highest BCUT2D eigenvalue weighted by atomic mass is 16.6. The lowest BCUT2D eigenvalue weighted by molar-refractivity contribution is -0.167. The Bertz CT molecular complexity index is 1260. The third kappa shape index (κ3) is 56.0. The minimum Gasteiger partial charge on any atom is -0.462 e. The Morgan fingerprint density at radius 1 is 0.286 bits per heavy atom. The Labute approximate surface area is 434 Å². The number of carbonyl (C=O) groups excluding carboxylic acids is 3. The highest BCUT2D eigenvalue weighted by Gasteiger charge is 2.19. The first-order chi connectivity index (χ1) is 34.5. The number of hydrogen-bond acceptors (Lipinski definition) is 6. The van der Waals surface area contributed by atoms with Gasteiger partial charge in [-0.05, 0) is 109 Å². The van der Waals surface area contributed by atoms with Crippen LogP contribution >= 0.6 is 0 Å². The molecule has 1 unspecified atom stereocenters. The Morgan fingerprint density at radius 3 is 0.829 bits per heavy atom. The van der Waals surface area contributed by atoms with E-state index >= 15 is 0 Å². The molecule has 0 spiro atoms. The van der Waals surface area contributed by atoms with Crippen LogP contribution in [-0.2, 0) is 28.6 Å². The predicted octanol–water partition coefficient (Wildman–Crippen LogP) is 20.4. The Kier molecular flexibility index (Phi) is 56.3. The van der Waals surface area contributed by atoms with Gasteiger partial charge >= 0.3 is 17.9 Å². The van der Waals surface area contributed by atoms with Gasteiger partial charge in [0.25, 0.3) is 0 Å². The summed E-state index contributed by atoms with van der Waals surface area (Å²) in [7, 11) is 0. The van der Waals surface area contributed by atoms with Crippen molar-refractivity contribution in [2.24, 2.45) is 0 Å². The zero-order valence-corrected chi connectivity index (χ0v) is 46.5. The second-order valence-electron chi connectivity index (χ2n) is 20.2. The zero-order chi connectivity index (χ0) is 50.7. The van der Waals surface area contributed by atoms with Crippen molar-refractivity contribution in [1.29, 1.82) is 0 Å². The SMILES string of the molecule is CCCCC/C=C\C/C=C\CCCCCCCCCCCC(=O)OC(COC(=O)CCCCCCC/C=C\CCCCC)COC(=O)CCCCCCCCCCC/C=C\C/C=C\CCCCCCC. The van der Waals surface area contributed by atoms with Gasteiger partial charge in [0.15, 0.2) is 6.10 Å². The number of allylic oxidation sites excluding steroid dienone is 10. The Hall–Kier alpha value is -2.89. The number of ether oxygens (including phenoxy) is 3. The second-order valence-corrected chi connectivity index (χ2v) is 20.2. The monoisotopic (exact) mass is 979 g/mol. The lowest BCUT2D eigenvalue weighted by Gasteiger charge is -2.18. The summed E-state index contributed by atoms with van der Waals surface area (Å²) in [6, 6.07) is 0. The zero-order valence-electron chi connectivity index (χ0n) is 46.5. The quantitative estimate of drug-likeness (QED) is 0.0261. The Morgan fingerprint density at radius 2 is 0.514 bits per heavy atom. The van der Waals surface area contributed by atoms with Gasteiger partial charge < -0.3 is 14.2 Å². The van der Waals surface area contributed by atoms with E-state index in [0.717, 1.165) is 77.0 Å². The molecule has 0 amide bonds. The molecule has 0 aromatic carbocycles. The van der Waals surface area contributed by atoms with E-state index < -0.39 is 6.10 Å². The maximum atomic E-state index is 12.9. The summed E-state index contributed by atoms with van der Waals surface area (Å²) < 4.78 is 16.9. The van der Waals surface area contributed by atoms with Crippen LogP contribution in [0.1, 0.15) is 310 Å². The first kappa shape index (κ1) is 67.1. The largest absolute Gasteiger partial charge is 0.462 e. The van der Waals surface area contributed by atoms with Crippen LogP contribution in [0.2, 0.25) is 0 Å². The number of hydrogen-bond donors (Lipinski definition) is 0. The summed E-state index contributed by atoms with van der Waals surface area (Å²) in [5.74, 6) is -0.885. The fraction of sp³-hybridized carbons (Fsp3) is 0.797. The predicted molar refractivity (Wildman–Crippen MR) is 302 cm³/mol. The molecule has 0 aliphatic rings. The topological polar surface area (TPSA) is 78.9 Å². The summed E-state index contributed by atoms with van der Waals surface area (Å²) in [6.45, 7) is 6.60. The van der Waals surface area contributed by atoms with Crippen molar-refractivity contribution >= 4 is 17.9 Å². The van der Waals surface area contributed by atoms with Gasteiger partial charge in [-0.1, -0.05) is 242 Å². The number of rotatable bonds is 55. The molecule has 0 aliphatic heterocycles. The maximum Gasteiger partial charge on any atom is 0.306 e. The fourth-order valence-electron chi connectivity index (χ4n) is 8.62. The summed E-state index contributed by atoms with van der Waals surface area (Å²) in [5, 5.41) is 0. The lowest BCUT2D eigenvalue weighted by Crippen LogP contribution is -2.30. The molecule has 0 heterocycles. The third-order valence-electron chi connectivity index (χ3n) is 13.2. The highest BCUT2D eigenvalue weighted by Crippen LogP contribution is 2.16. The summed E-state index contributed by atoms with van der Waals surface area (Å²) in [6.07, 6.45) is 73.5. The van der Waals surface area contributed by atoms with Crippen molar-refractivity contribution in [3.05, 3.63) is 60.8 Å². The van der Waals surface area contributed by atoms with Gasteiger partial charge in [0.2, 0.25) is 0 Å². The molecular weight excluding hydrogens is 865 g/mol. The average Bonchev–Trinajstić information content (AvgIpc) is 3.36. The van der Waals surface area contributed by atoms with Gasteiger partial charge in [-0.15, -0.1) is 0 Å². The molecule has 1 atom stereocenters. The van der Waals surface area contributed by atoms with Crippen LogP contribution in [0.3, 0.4) is 0 Å². The van der Waals surface area contributed by atoms with Gasteiger partial charge in [-0.3, -0.25) is 14.4 Å². The van der Waals surface area contributed by atoms with E-state index in [-0.39, 0.29) is 31.1 Å². The third-order valence-corrected chi connectivity index (χ3v) is 13.2. The molecule has 70 heavy (non-hydrogen) atoms. The molecule has 406 valence electrons. The van der Waals surface area contributed by atoms with Gasteiger partial charge in [0.05, 0.1) is 0 Å². The average molecular weight is 980 g/mol. The van der Waals surface area contributed by atoms with Crippen LogP contribution in [0.15, 0.2) is 60.8 Å². The fourth-order valence-corrected chi connectivity index (χ4v) is 8.62. The minimum absolute atomic E-state index is 0.0795. The molecule has 0 rings (SSSR count). The standard InChI is InChI=1S/C64H114O6/c1-4-7-10-13-16-19-22-25-27-29-31-32-34-35-37-39-42-45-48-51-54-57-63(66)69-60-61(59-68-62(65)56-53-50-47-44-41-24-21-18-15-12-9-6-3)70-64(67)58-55-52-49-46-43-40-38-36-33-30-28-26-23-20-17-14-11-8-5-2/h17-18,20-22,25-26,28-29,31,61H,4-16,19,23-24,27,30,32-60H2,1-3H3/b20-17-,21-18-,25-22-,28-26-,31-29-. The Balaban J connectivity index is 4.33. The summed E-state index contributed by atoms with van der Waals surface area (Å²) in [5.41, 5.74) is 0. The number of unbranched alkanes of at least 4 members (excludes halogenated alkanes) is 34. The van der Waals surface area contributed by atoms with Crippen molar-refractivity contribution < 1.29 is 28.6 Å². The molecule has 0 saturated carbocycles. The highest BCUT2D eigenvalue weighted by molar-refractivity contribution is 5.71. The van der Waals surface area contributed by atoms with Crippen LogP contribution in [0, 0.1) is 0 Å². The first-order valence-corrected chi connectivity index (χ1v) is 30.3. The van der Waals surface area contributed by atoms with Crippen molar-refractivity contribution in [2.75, 3.05) is 13.2 Å². The molecule has 0 bridgehead atoms. The molecule has 6 nitrogen and oxygen atoms in total. The van der Waals surface area contributed by atoms with Crippen LogP contribution in [-0.4, -0.2) is 37.2 Å². The van der Waals surface area contributed by atoms with Crippen LogP contribution in [0.5, 0.6) is 0 Å². The van der Waals surface area contributed by atoms with Crippen molar-refractivity contribution in [3.8, 4) is 0 Å². The van der Waals surface area contributed by atoms with E-state index in [0.29, 0.717) is 19.3 Å². The van der Waals surface area contributed by atoms with Crippen LogP contribution < -0.4 is 0 Å². The van der Waals surface area contributed by atoms with Crippen LogP contribution in [0.4, 0.5) is 0 Å². The van der Waals surface area contributed by atoms with E-state index in [2.05, 4.69) is 81.5 Å². The van der Waals surface area contributed by atoms with Crippen molar-refractivity contribution in [3.63, 3.8) is 0 Å². The maximum absolute atomic E-state index is 12.9. The van der Waals surface area contributed by atoms with Gasteiger partial charge in [-0.25, -0.2) is 0 Å². The van der Waals surface area contributed by atoms with E-state index in [1.165, 1.54) is 193 Å². The van der Waals surface area contributed by atoms with E-state index in [1.807, 2.05) is 0 Å². The molecule has 0 aromatic heterocycles. The molecule has 0 N–H and O–H groups in total. The molecule has 0 radical (unpaired) electrons. The van der Waals surface area contributed by atoms with Gasteiger partial charge in [-0.2, -0.15) is 0 Å². The number of esters is 3. The molecule has 0 aromatic rings. The molecular formula is C64H114O6. The minimum atomic E-state index is -0.782. The van der Waals surface area contributed by atoms with Gasteiger partial charge in [0.1, 0.15) is 13.2 Å². The van der Waals surface area contributed by atoms with Gasteiger partial charge in [0, 0.05) is 19.3 Å². The van der Waals surface area contributed by atoms with Crippen LogP contribution in [0.25, 0.3) is 0 Å². The molecule has 0 fully saturated rings. The summed E-state index contributed by atoms with van der Waals surface area (Å²) in [4.78, 5) is 38.2. The molecule has 0 aliphatic carbocycles. The smallest absolute Gasteiger partial charge is 0.306 e. The first-order valence-electron chi connectivity index (χ1n) is 30.3. The van der Waals surface area contributed by atoms with Crippen molar-refractivity contribution in [1.82, 2.24) is 0 Å². The lowest BCUT2D eigenvalue weighted by atomic mass is 10.1. The van der Waals surface area contributed by atoms with Crippen molar-refractivity contribution in [2.45, 2.75) is 316 Å². The second kappa shape index (κ2) is 58.7. The number of carbonyl (C=O) groups is 3. The normalized spacial score (nSPS) is 12.4.